The van der Waals surface area contributed by atoms with Gasteiger partial charge >= 0.3 is 0 Å². The van der Waals surface area contributed by atoms with Crippen molar-refractivity contribution in [2.75, 3.05) is 6.61 Å². The number of hydrogen-bond donors (Lipinski definition) is 1. The molecule has 0 radical (unpaired) electrons. The van der Waals surface area contributed by atoms with Gasteiger partial charge in [-0.25, -0.2) is 0 Å². The first kappa shape index (κ1) is 15.1. The van der Waals surface area contributed by atoms with Crippen molar-refractivity contribution in [2.45, 2.75) is 13.0 Å². The van der Waals surface area contributed by atoms with Gasteiger partial charge in [0.05, 0.1) is 6.04 Å². The van der Waals surface area contributed by atoms with Crippen molar-refractivity contribution in [2.24, 2.45) is 0 Å². The topological polar surface area (TPSA) is 38.3 Å². The van der Waals surface area contributed by atoms with E-state index in [1.54, 1.807) is 0 Å². The van der Waals surface area contributed by atoms with Crippen molar-refractivity contribution >= 4 is 16.7 Å². The summed E-state index contributed by atoms with van der Waals surface area (Å²) in [5.41, 5.74) is 1.08. The molecule has 0 heterocycles. The van der Waals surface area contributed by atoms with E-state index in [-0.39, 0.29) is 18.6 Å². The maximum atomic E-state index is 12.1. The van der Waals surface area contributed by atoms with E-state index in [0.717, 1.165) is 22.1 Å². The zero-order valence-electron chi connectivity index (χ0n) is 13.0. The van der Waals surface area contributed by atoms with Crippen LogP contribution in [0.15, 0.2) is 72.8 Å². The van der Waals surface area contributed by atoms with Gasteiger partial charge < -0.3 is 10.1 Å². The fourth-order valence-electron chi connectivity index (χ4n) is 2.57. The van der Waals surface area contributed by atoms with Crippen LogP contribution in [0, 0.1) is 0 Å². The number of carbonyl (C=O) groups is 1. The van der Waals surface area contributed by atoms with Gasteiger partial charge in [0.1, 0.15) is 5.75 Å². The van der Waals surface area contributed by atoms with Crippen LogP contribution in [0.1, 0.15) is 18.5 Å². The zero-order valence-corrected chi connectivity index (χ0v) is 13.0. The lowest BCUT2D eigenvalue weighted by Gasteiger charge is -2.15. The molecule has 0 aliphatic rings. The molecule has 1 unspecified atom stereocenters. The minimum Gasteiger partial charge on any atom is -0.483 e. The molecular formula is C20H19NO2. The Morgan fingerprint density at radius 1 is 0.957 bits per heavy atom. The van der Waals surface area contributed by atoms with Crippen molar-refractivity contribution in [3.8, 4) is 5.75 Å². The van der Waals surface area contributed by atoms with Gasteiger partial charge in [-0.2, -0.15) is 0 Å². The Bertz CT molecular complexity index is 794. The van der Waals surface area contributed by atoms with Crippen LogP contribution in [0.5, 0.6) is 5.75 Å². The van der Waals surface area contributed by atoms with Crippen LogP contribution in [-0.4, -0.2) is 12.5 Å². The average molecular weight is 305 g/mol. The van der Waals surface area contributed by atoms with Gasteiger partial charge in [-0.1, -0.05) is 66.7 Å². The summed E-state index contributed by atoms with van der Waals surface area (Å²) in [5, 5.41) is 5.06. The second-order valence-corrected chi connectivity index (χ2v) is 5.47. The summed E-state index contributed by atoms with van der Waals surface area (Å²) in [6.07, 6.45) is 0. The van der Waals surface area contributed by atoms with E-state index < -0.39 is 0 Å². The lowest BCUT2D eigenvalue weighted by atomic mass is 10.1. The molecule has 3 nitrogen and oxygen atoms in total. The van der Waals surface area contributed by atoms with E-state index in [1.165, 1.54) is 0 Å². The van der Waals surface area contributed by atoms with Crippen LogP contribution < -0.4 is 10.1 Å². The van der Waals surface area contributed by atoms with E-state index >= 15 is 0 Å². The Balaban J connectivity index is 1.62. The molecule has 3 aromatic carbocycles. The summed E-state index contributed by atoms with van der Waals surface area (Å²) in [5.74, 6) is 0.597. The first-order chi connectivity index (χ1) is 11.2. The van der Waals surface area contributed by atoms with Crippen molar-refractivity contribution in [1.82, 2.24) is 5.32 Å². The number of fused-ring (bicyclic) bond motifs is 1. The first-order valence-electron chi connectivity index (χ1n) is 7.69. The number of benzene rings is 3. The third kappa shape index (κ3) is 3.69. The third-order valence-corrected chi connectivity index (χ3v) is 3.79. The van der Waals surface area contributed by atoms with Crippen LogP contribution in [0.3, 0.4) is 0 Å². The zero-order chi connectivity index (χ0) is 16.1. The number of carbonyl (C=O) groups excluding carboxylic acids is 1. The van der Waals surface area contributed by atoms with E-state index in [0.29, 0.717) is 0 Å². The highest BCUT2D eigenvalue weighted by Gasteiger charge is 2.10. The van der Waals surface area contributed by atoms with Crippen molar-refractivity contribution in [1.29, 1.82) is 0 Å². The summed E-state index contributed by atoms with van der Waals surface area (Å²) in [7, 11) is 0. The molecule has 1 amide bonds. The largest absolute Gasteiger partial charge is 0.483 e. The predicted octanol–water partition coefficient (Wildman–Crippen LogP) is 4.10. The van der Waals surface area contributed by atoms with E-state index in [1.807, 2.05) is 79.7 Å². The number of hydrogen-bond acceptors (Lipinski definition) is 2. The highest BCUT2D eigenvalue weighted by Crippen LogP contribution is 2.25. The van der Waals surface area contributed by atoms with Crippen molar-refractivity contribution < 1.29 is 9.53 Å². The molecule has 0 aliphatic carbocycles. The van der Waals surface area contributed by atoms with Gasteiger partial charge in [0.15, 0.2) is 6.61 Å². The van der Waals surface area contributed by atoms with Gasteiger partial charge in [0.25, 0.3) is 5.91 Å². The van der Waals surface area contributed by atoms with Gasteiger partial charge in [-0.05, 0) is 23.9 Å². The van der Waals surface area contributed by atoms with Crippen LogP contribution in [-0.2, 0) is 4.79 Å². The normalized spacial score (nSPS) is 11.9. The van der Waals surface area contributed by atoms with E-state index in [2.05, 4.69) is 5.32 Å². The minimum absolute atomic E-state index is 0.00514. The van der Waals surface area contributed by atoms with Gasteiger partial charge in [0, 0.05) is 5.39 Å². The summed E-state index contributed by atoms with van der Waals surface area (Å²) >= 11 is 0. The SMILES string of the molecule is CC(NC(=O)COc1cccc2ccccc12)c1ccccc1. The summed E-state index contributed by atoms with van der Waals surface area (Å²) in [6.45, 7) is 1.97. The summed E-state index contributed by atoms with van der Waals surface area (Å²) in [6, 6.07) is 23.7. The first-order valence-corrected chi connectivity index (χ1v) is 7.69. The predicted molar refractivity (Wildman–Crippen MR) is 92.4 cm³/mol. The average Bonchev–Trinajstić information content (AvgIpc) is 2.60. The van der Waals surface area contributed by atoms with Crippen LogP contribution in [0.2, 0.25) is 0 Å². The van der Waals surface area contributed by atoms with Crippen LogP contribution in [0.4, 0.5) is 0 Å². The summed E-state index contributed by atoms with van der Waals surface area (Å²) < 4.78 is 5.71. The molecule has 1 atom stereocenters. The van der Waals surface area contributed by atoms with E-state index in [9.17, 15) is 4.79 Å². The molecule has 3 rings (SSSR count). The molecule has 0 spiro atoms. The lowest BCUT2D eigenvalue weighted by molar-refractivity contribution is -0.123. The fourth-order valence-corrected chi connectivity index (χ4v) is 2.57. The second-order valence-electron chi connectivity index (χ2n) is 5.47. The monoisotopic (exact) mass is 305 g/mol. The Morgan fingerprint density at radius 2 is 1.65 bits per heavy atom. The molecule has 3 aromatic rings. The maximum Gasteiger partial charge on any atom is 0.258 e. The molecule has 0 fully saturated rings. The Labute approximate surface area is 135 Å². The molecule has 0 bridgehead atoms. The third-order valence-electron chi connectivity index (χ3n) is 3.79. The van der Waals surface area contributed by atoms with Gasteiger partial charge in [0.2, 0.25) is 0 Å². The highest BCUT2D eigenvalue weighted by atomic mass is 16.5. The smallest absolute Gasteiger partial charge is 0.258 e. The second kappa shape index (κ2) is 6.97. The molecule has 0 aromatic heterocycles. The van der Waals surface area contributed by atoms with Crippen molar-refractivity contribution in [3.63, 3.8) is 0 Å². The lowest BCUT2D eigenvalue weighted by Crippen LogP contribution is -2.31. The van der Waals surface area contributed by atoms with Gasteiger partial charge in [-0.3, -0.25) is 4.79 Å². The molecule has 0 aliphatic heterocycles. The molecule has 116 valence electrons. The molecule has 23 heavy (non-hydrogen) atoms. The highest BCUT2D eigenvalue weighted by molar-refractivity contribution is 5.88. The van der Waals surface area contributed by atoms with Crippen LogP contribution >= 0.6 is 0 Å². The van der Waals surface area contributed by atoms with Crippen LogP contribution in [0.25, 0.3) is 10.8 Å². The van der Waals surface area contributed by atoms with Crippen molar-refractivity contribution in [3.05, 3.63) is 78.4 Å². The Morgan fingerprint density at radius 3 is 2.48 bits per heavy atom. The molecule has 0 saturated heterocycles. The fraction of sp³-hybridized carbons (Fsp3) is 0.150. The minimum atomic E-state index is -0.130. The quantitative estimate of drug-likeness (QED) is 0.771. The van der Waals surface area contributed by atoms with Gasteiger partial charge in [-0.15, -0.1) is 0 Å². The number of ether oxygens (including phenoxy) is 1. The summed E-state index contributed by atoms with van der Waals surface area (Å²) in [4.78, 5) is 12.1. The number of amides is 1. The number of rotatable bonds is 5. The molecular weight excluding hydrogens is 286 g/mol. The van der Waals surface area contributed by atoms with E-state index in [4.69, 9.17) is 4.74 Å². The molecule has 0 saturated carbocycles. The molecule has 3 heteroatoms. The molecule has 1 N–H and O–H groups in total. The Kier molecular flexibility index (Phi) is 4.57. The standard InChI is InChI=1S/C20H19NO2/c1-15(16-8-3-2-4-9-16)21-20(22)14-23-19-13-7-11-17-10-5-6-12-18(17)19/h2-13,15H,14H2,1H3,(H,21,22). The maximum absolute atomic E-state index is 12.1. The Hall–Kier alpha value is -2.81. The number of nitrogens with one attached hydrogen (secondary N) is 1.